The Bertz CT molecular complexity index is 807. The fourth-order valence-electron chi connectivity index (χ4n) is 2.52. The summed E-state index contributed by atoms with van der Waals surface area (Å²) in [4.78, 5) is 12.5. The van der Waals surface area contributed by atoms with Gasteiger partial charge in [-0.25, -0.2) is 0 Å². The summed E-state index contributed by atoms with van der Waals surface area (Å²) in [6.07, 6.45) is 1.69. The Hall–Kier alpha value is -2.95. The van der Waals surface area contributed by atoms with Gasteiger partial charge in [0.05, 0.1) is 26.4 Å². The van der Waals surface area contributed by atoms with Crippen molar-refractivity contribution in [3.05, 3.63) is 53.3 Å². The quantitative estimate of drug-likeness (QED) is 0.784. The molecule has 3 rings (SSSR count). The van der Waals surface area contributed by atoms with Crippen LogP contribution in [0.25, 0.3) is 6.08 Å². The highest BCUT2D eigenvalue weighted by atomic mass is 16.5. The zero-order valence-corrected chi connectivity index (χ0v) is 13.8. The van der Waals surface area contributed by atoms with Gasteiger partial charge < -0.3 is 18.9 Å². The van der Waals surface area contributed by atoms with E-state index in [1.165, 1.54) is 0 Å². The van der Waals surface area contributed by atoms with Gasteiger partial charge >= 0.3 is 0 Å². The molecule has 0 amide bonds. The van der Waals surface area contributed by atoms with Gasteiger partial charge in [-0.2, -0.15) is 0 Å². The fraction of sp³-hybridized carbons (Fsp3) is 0.211. The second kappa shape index (κ2) is 6.66. The highest BCUT2D eigenvalue weighted by Crippen LogP contribution is 2.35. The van der Waals surface area contributed by atoms with Crippen molar-refractivity contribution in [3.8, 4) is 23.0 Å². The normalized spacial score (nSPS) is 14.3. The number of rotatable bonds is 5. The molecule has 124 valence electrons. The highest BCUT2D eigenvalue weighted by Gasteiger charge is 2.27. The van der Waals surface area contributed by atoms with Crippen LogP contribution >= 0.6 is 0 Å². The second-order valence-corrected chi connectivity index (χ2v) is 5.15. The number of allylic oxidation sites excluding steroid dienone is 1. The van der Waals surface area contributed by atoms with Crippen LogP contribution in [0.2, 0.25) is 0 Å². The van der Waals surface area contributed by atoms with E-state index in [-0.39, 0.29) is 11.5 Å². The average Bonchev–Trinajstić information content (AvgIpc) is 2.90. The lowest BCUT2D eigenvalue weighted by molar-refractivity contribution is 0.101. The molecule has 0 unspecified atom stereocenters. The maximum atomic E-state index is 12.5. The topological polar surface area (TPSA) is 54.0 Å². The van der Waals surface area contributed by atoms with Gasteiger partial charge in [-0.3, -0.25) is 4.79 Å². The van der Waals surface area contributed by atoms with Crippen molar-refractivity contribution in [1.29, 1.82) is 0 Å². The van der Waals surface area contributed by atoms with Gasteiger partial charge in [0.15, 0.2) is 17.3 Å². The summed E-state index contributed by atoms with van der Waals surface area (Å²) in [6, 6.07) is 10.6. The van der Waals surface area contributed by atoms with Crippen molar-refractivity contribution in [3.63, 3.8) is 0 Å². The molecule has 2 aromatic rings. The lowest BCUT2D eigenvalue weighted by Gasteiger charge is -2.08. The fourth-order valence-corrected chi connectivity index (χ4v) is 2.52. The smallest absolute Gasteiger partial charge is 0.231 e. The van der Waals surface area contributed by atoms with Crippen LogP contribution in [-0.2, 0) is 0 Å². The van der Waals surface area contributed by atoms with E-state index < -0.39 is 0 Å². The van der Waals surface area contributed by atoms with E-state index in [9.17, 15) is 4.79 Å². The van der Waals surface area contributed by atoms with E-state index in [4.69, 9.17) is 18.9 Å². The highest BCUT2D eigenvalue weighted by molar-refractivity contribution is 6.14. The molecule has 2 aromatic carbocycles. The first-order chi connectivity index (χ1) is 11.7. The Labute approximate surface area is 140 Å². The third-order valence-corrected chi connectivity index (χ3v) is 3.66. The lowest BCUT2D eigenvalue weighted by Crippen LogP contribution is -1.98. The van der Waals surface area contributed by atoms with Gasteiger partial charge in [0.25, 0.3) is 0 Å². The zero-order chi connectivity index (χ0) is 17.1. The molecule has 0 aliphatic carbocycles. The maximum absolute atomic E-state index is 12.5. The molecule has 5 nitrogen and oxygen atoms in total. The molecule has 1 aliphatic rings. The first kappa shape index (κ1) is 15.9. The van der Waals surface area contributed by atoms with Crippen LogP contribution < -0.4 is 18.9 Å². The van der Waals surface area contributed by atoms with Gasteiger partial charge in [-0.05, 0) is 42.8 Å². The van der Waals surface area contributed by atoms with Gasteiger partial charge in [0.2, 0.25) is 5.78 Å². The standard InChI is InChI=1S/C19H18O5/c1-4-23-13-6-7-14-16(11-13)24-18(19(14)20)10-12-5-8-15(21-2)17(9-12)22-3/h5-11H,4H2,1-3H3/b18-10-. The minimum Gasteiger partial charge on any atom is -0.494 e. The molecule has 0 N–H and O–H groups in total. The second-order valence-electron chi connectivity index (χ2n) is 5.15. The Kier molecular flexibility index (Phi) is 4.42. The molecular formula is C19H18O5. The van der Waals surface area contributed by atoms with Gasteiger partial charge in [0, 0.05) is 6.07 Å². The molecule has 0 radical (unpaired) electrons. The summed E-state index contributed by atoms with van der Waals surface area (Å²) >= 11 is 0. The summed E-state index contributed by atoms with van der Waals surface area (Å²) in [5.74, 6) is 2.53. The number of carbonyl (C=O) groups excluding carboxylic acids is 1. The molecular weight excluding hydrogens is 308 g/mol. The predicted octanol–water partition coefficient (Wildman–Crippen LogP) is 3.72. The first-order valence-electron chi connectivity index (χ1n) is 7.59. The van der Waals surface area contributed by atoms with E-state index >= 15 is 0 Å². The maximum Gasteiger partial charge on any atom is 0.231 e. The monoisotopic (exact) mass is 326 g/mol. The molecule has 5 heteroatoms. The summed E-state index contributed by atoms with van der Waals surface area (Å²) < 4.78 is 21.6. The average molecular weight is 326 g/mol. The predicted molar refractivity (Wildman–Crippen MR) is 90.1 cm³/mol. The van der Waals surface area contributed by atoms with Crippen LogP contribution in [0.15, 0.2) is 42.2 Å². The zero-order valence-electron chi connectivity index (χ0n) is 13.8. The number of hydrogen-bond donors (Lipinski definition) is 0. The van der Waals surface area contributed by atoms with Crippen LogP contribution in [0.3, 0.4) is 0 Å². The Morgan fingerprint density at radius 2 is 1.83 bits per heavy atom. The molecule has 0 fully saturated rings. The molecule has 0 spiro atoms. The van der Waals surface area contributed by atoms with E-state index in [1.807, 2.05) is 13.0 Å². The SMILES string of the molecule is CCOc1ccc2c(c1)O/C(=C\c1ccc(OC)c(OC)c1)C2=O. The molecule has 0 saturated heterocycles. The molecule has 0 saturated carbocycles. The summed E-state index contributed by atoms with van der Waals surface area (Å²) in [5, 5.41) is 0. The summed E-state index contributed by atoms with van der Waals surface area (Å²) in [6.45, 7) is 2.46. The number of fused-ring (bicyclic) bond motifs is 1. The number of methoxy groups -OCH3 is 2. The molecule has 24 heavy (non-hydrogen) atoms. The molecule has 0 aromatic heterocycles. The van der Waals surface area contributed by atoms with Crippen LogP contribution in [-0.4, -0.2) is 26.6 Å². The Balaban J connectivity index is 1.91. The summed E-state index contributed by atoms with van der Waals surface area (Å²) in [5.41, 5.74) is 1.32. The van der Waals surface area contributed by atoms with E-state index in [0.29, 0.717) is 35.2 Å². The van der Waals surface area contributed by atoms with Crippen LogP contribution in [0, 0.1) is 0 Å². The number of ketones is 1. The Morgan fingerprint density at radius 3 is 2.54 bits per heavy atom. The largest absolute Gasteiger partial charge is 0.494 e. The van der Waals surface area contributed by atoms with Crippen molar-refractivity contribution < 1.29 is 23.7 Å². The van der Waals surface area contributed by atoms with Crippen molar-refractivity contribution in [2.75, 3.05) is 20.8 Å². The van der Waals surface area contributed by atoms with Gasteiger partial charge in [-0.15, -0.1) is 0 Å². The molecule has 1 aliphatic heterocycles. The third-order valence-electron chi connectivity index (χ3n) is 3.66. The number of benzene rings is 2. The third kappa shape index (κ3) is 2.93. The minimum atomic E-state index is -0.150. The molecule has 0 bridgehead atoms. The van der Waals surface area contributed by atoms with Crippen molar-refractivity contribution in [1.82, 2.24) is 0 Å². The number of ether oxygens (including phenoxy) is 4. The summed E-state index contributed by atoms with van der Waals surface area (Å²) in [7, 11) is 3.14. The first-order valence-corrected chi connectivity index (χ1v) is 7.59. The van der Waals surface area contributed by atoms with E-state index in [2.05, 4.69) is 0 Å². The minimum absolute atomic E-state index is 0.150. The van der Waals surface area contributed by atoms with Gasteiger partial charge in [-0.1, -0.05) is 6.07 Å². The van der Waals surface area contributed by atoms with Crippen molar-refractivity contribution in [2.24, 2.45) is 0 Å². The number of carbonyl (C=O) groups is 1. The van der Waals surface area contributed by atoms with Crippen molar-refractivity contribution >= 4 is 11.9 Å². The lowest BCUT2D eigenvalue weighted by atomic mass is 10.1. The van der Waals surface area contributed by atoms with Crippen LogP contribution in [0.4, 0.5) is 0 Å². The Morgan fingerprint density at radius 1 is 1.04 bits per heavy atom. The van der Waals surface area contributed by atoms with Gasteiger partial charge in [0.1, 0.15) is 11.5 Å². The number of hydrogen-bond acceptors (Lipinski definition) is 5. The van der Waals surface area contributed by atoms with E-state index in [1.54, 1.807) is 50.6 Å². The van der Waals surface area contributed by atoms with Crippen LogP contribution in [0.5, 0.6) is 23.0 Å². The number of Topliss-reactive ketones (excluding diaryl/α,β-unsaturated/α-hetero) is 1. The molecule has 1 heterocycles. The van der Waals surface area contributed by atoms with Crippen molar-refractivity contribution in [2.45, 2.75) is 6.92 Å². The molecule has 0 atom stereocenters. The van der Waals surface area contributed by atoms with E-state index in [0.717, 1.165) is 5.56 Å². The van der Waals surface area contributed by atoms with Crippen LogP contribution in [0.1, 0.15) is 22.8 Å².